The maximum atomic E-state index is 11.9. The van der Waals surface area contributed by atoms with E-state index < -0.39 is 21.7 Å². The van der Waals surface area contributed by atoms with E-state index in [1.807, 2.05) is 0 Å². The van der Waals surface area contributed by atoms with E-state index >= 15 is 0 Å². The molecular formula is C16H16N2O5S. The summed E-state index contributed by atoms with van der Waals surface area (Å²) in [7, 11) is -3.33. The van der Waals surface area contributed by atoms with Gasteiger partial charge in [-0.05, 0) is 42.0 Å². The van der Waals surface area contributed by atoms with Crippen molar-refractivity contribution in [1.82, 2.24) is 10.9 Å². The molecule has 0 fully saturated rings. The zero-order valence-corrected chi connectivity index (χ0v) is 13.6. The quantitative estimate of drug-likeness (QED) is 0.703. The average Bonchev–Trinajstić information content (AvgIpc) is 2.58. The van der Waals surface area contributed by atoms with Crippen LogP contribution in [0.3, 0.4) is 0 Å². The zero-order valence-electron chi connectivity index (χ0n) is 12.8. The normalized spacial score (nSPS) is 10.9. The molecule has 2 rings (SSSR count). The molecule has 0 bridgehead atoms. The van der Waals surface area contributed by atoms with Crippen LogP contribution in [-0.4, -0.2) is 31.6 Å². The van der Waals surface area contributed by atoms with E-state index in [0.717, 1.165) is 6.26 Å². The highest BCUT2D eigenvalue weighted by Gasteiger charge is 2.11. The van der Waals surface area contributed by atoms with Crippen LogP contribution in [0.15, 0.2) is 53.4 Å². The Morgan fingerprint density at radius 3 is 1.67 bits per heavy atom. The standard InChI is InChI=1S/C16H16N2O5S/c1-24(22,23)14-8-6-13(7-9-14)16(21)18-17-15(20)12-4-2-11(10-19)3-5-12/h2-9,19H,10H2,1H3,(H,17,20)(H,18,21). The monoisotopic (exact) mass is 348 g/mol. The molecule has 24 heavy (non-hydrogen) atoms. The predicted octanol–water partition coefficient (Wildman–Crippen LogP) is 0.657. The fourth-order valence-electron chi connectivity index (χ4n) is 1.87. The summed E-state index contributed by atoms with van der Waals surface area (Å²) in [5, 5.41) is 8.94. The van der Waals surface area contributed by atoms with E-state index in [0.29, 0.717) is 11.1 Å². The van der Waals surface area contributed by atoms with E-state index in [2.05, 4.69) is 10.9 Å². The zero-order chi connectivity index (χ0) is 17.7. The van der Waals surface area contributed by atoms with Crippen LogP contribution >= 0.6 is 0 Å². The number of carbonyl (C=O) groups excluding carboxylic acids is 2. The maximum Gasteiger partial charge on any atom is 0.269 e. The van der Waals surface area contributed by atoms with Gasteiger partial charge in [0, 0.05) is 17.4 Å². The average molecular weight is 348 g/mol. The lowest BCUT2D eigenvalue weighted by Gasteiger charge is -2.08. The highest BCUT2D eigenvalue weighted by atomic mass is 32.2. The fourth-order valence-corrected chi connectivity index (χ4v) is 2.50. The summed E-state index contributed by atoms with van der Waals surface area (Å²) < 4.78 is 22.7. The molecule has 2 amide bonds. The number of amides is 2. The van der Waals surface area contributed by atoms with Gasteiger partial charge in [-0.15, -0.1) is 0 Å². The van der Waals surface area contributed by atoms with Crippen molar-refractivity contribution in [3.05, 3.63) is 65.2 Å². The van der Waals surface area contributed by atoms with E-state index in [-0.39, 0.29) is 17.1 Å². The lowest BCUT2D eigenvalue weighted by atomic mass is 10.1. The van der Waals surface area contributed by atoms with Crippen LogP contribution in [0.2, 0.25) is 0 Å². The number of sulfone groups is 1. The number of carbonyl (C=O) groups is 2. The Labute approximate surface area is 139 Å². The smallest absolute Gasteiger partial charge is 0.269 e. The summed E-state index contributed by atoms with van der Waals surface area (Å²) in [5.74, 6) is -1.09. The molecule has 2 aromatic carbocycles. The van der Waals surface area contributed by atoms with Crippen molar-refractivity contribution in [2.24, 2.45) is 0 Å². The molecular weight excluding hydrogens is 332 g/mol. The predicted molar refractivity (Wildman–Crippen MR) is 86.8 cm³/mol. The van der Waals surface area contributed by atoms with Crippen molar-refractivity contribution in [2.75, 3.05) is 6.26 Å². The van der Waals surface area contributed by atoms with Crippen LogP contribution in [-0.2, 0) is 16.4 Å². The van der Waals surface area contributed by atoms with Crippen LogP contribution in [0, 0.1) is 0 Å². The molecule has 0 atom stereocenters. The van der Waals surface area contributed by atoms with Gasteiger partial charge in [-0.1, -0.05) is 12.1 Å². The van der Waals surface area contributed by atoms with Gasteiger partial charge in [-0.2, -0.15) is 0 Å². The summed E-state index contributed by atoms with van der Waals surface area (Å²) in [6, 6.07) is 11.6. The topological polar surface area (TPSA) is 113 Å². The van der Waals surface area contributed by atoms with Crippen molar-refractivity contribution in [1.29, 1.82) is 0 Å². The minimum atomic E-state index is -3.33. The molecule has 2 aromatic rings. The first-order valence-corrected chi connectivity index (χ1v) is 8.81. The second-order valence-electron chi connectivity index (χ2n) is 5.06. The van der Waals surface area contributed by atoms with E-state index in [1.54, 1.807) is 12.1 Å². The molecule has 8 heteroatoms. The molecule has 0 spiro atoms. The Hall–Kier alpha value is -2.71. The third-order valence-electron chi connectivity index (χ3n) is 3.23. The number of hydrogen-bond donors (Lipinski definition) is 3. The van der Waals surface area contributed by atoms with Gasteiger partial charge in [0.05, 0.1) is 11.5 Å². The lowest BCUT2D eigenvalue weighted by molar-refractivity contribution is 0.0846. The van der Waals surface area contributed by atoms with Crippen LogP contribution in [0.1, 0.15) is 26.3 Å². The van der Waals surface area contributed by atoms with Crippen LogP contribution in [0.25, 0.3) is 0 Å². The van der Waals surface area contributed by atoms with E-state index in [9.17, 15) is 18.0 Å². The van der Waals surface area contributed by atoms with Gasteiger partial charge in [0.2, 0.25) is 0 Å². The third kappa shape index (κ3) is 4.40. The minimum Gasteiger partial charge on any atom is -0.392 e. The first kappa shape index (κ1) is 17.6. The van der Waals surface area contributed by atoms with Crippen molar-refractivity contribution in [3.8, 4) is 0 Å². The molecule has 0 aliphatic heterocycles. The first-order valence-electron chi connectivity index (χ1n) is 6.92. The second-order valence-corrected chi connectivity index (χ2v) is 7.08. The Morgan fingerprint density at radius 2 is 1.29 bits per heavy atom. The van der Waals surface area contributed by atoms with E-state index in [4.69, 9.17) is 5.11 Å². The van der Waals surface area contributed by atoms with Crippen molar-refractivity contribution >= 4 is 21.7 Å². The molecule has 0 aliphatic rings. The summed E-state index contributed by atoms with van der Waals surface area (Å²) in [6.07, 6.45) is 1.07. The number of benzene rings is 2. The largest absolute Gasteiger partial charge is 0.392 e. The molecule has 0 heterocycles. The Kier molecular flexibility index (Phi) is 5.32. The molecule has 3 N–H and O–H groups in total. The van der Waals surface area contributed by atoms with Crippen LogP contribution in [0.5, 0.6) is 0 Å². The first-order chi connectivity index (χ1) is 11.3. The second kappa shape index (κ2) is 7.24. The Morgan fingerprint density at radius 1 is 0.875 bits per heavy atom. The van der Waals surface area contributed by atoms with Gasteiger partial charge in [0.25, 0.3) is 11.8 Å². The van der Waals surface area contributed by atoms with Gasteiger partial charge >= 0.3 is 0 Å². The number of hydrazine groups is 1. The minimum absolute atomic E-state index is 0.104. The van der Waals surface area contributed by atoms with Gasteiger partial charge < -0.3 is 5.11 Å². The number of aliphatic hydroxyl groups is 1. The van der Waals surface area contributed by atoms with Crippen molar-refractivity contribution < 1.29 is 23.1 Å². The lowest BCUT2D eigenvalue weighted by Crippen LogP contribution is -2.41. The molecule has 0 radical (unpaired) electrons. The molecule has 0 saturated heterocycles. The van der Waals surface area contributed by atoms with Gasteiger partial charge in [0.1, 0.15) is 0 Å². The van der Waals surface area contributed by atoms with E-state index in [1.165, 1.54) is 36.4 Å². The van der Waals surface area contributed by atoms with Gasteiger partial charge in [-0.25, -0.2) is 8.42 Å². The van der Waals surface area contributed by atoms with Gasteiger partial charge in [-0.3, -0.25) is 20.4 Å². The fraction of sp³-hybridized carbons (Fsp3) is 0.125. The molecule has 0 aliphatic carbocycles. The summed E-state index contributed by atoms with van der Waals surface area (Å²) in [6.45, 7) is -0.123. The molecule has 0 aromatic heterocycles. The van der Waals surface area contributed by atoms with Crippen molar-refractivity contribution in [3.63, 3.8) is 0 Å². The number of rotatable bonds is 4. The molecule has 0 saturated carbocycles. The summed E-state index contributed by atoms with van der Waals surface area (Å²) in [4.78, 5) is 23.9. The maximum absolute atomic E-state index is 11.9. The molecule has 126 valence electrons. The number of nitrogens with one attached hydrogen (secondary N) is 2. The van der Waals surface area contributed by atoms with Crippen LogP contribution in [0.4, 0.5) is 0 Å². The Balaban J connectivity index is 1.98. The highest BCUT2D eigenvalue weighted by Crippen LogP contribution is 2.10. The summed E-state index contributed by atoms with van der Waals surface area (Å²) in [5.41, 5.74) is 5.70. The van der Waals surface area contributed by atoms with Crippen LogP contribution < -0.4 is 10.9 Å². The summed E-state index contributed by atoms with van der Waals surface area (Å²) >= 11 is 0. The molecule has 0 unspecified atom stereocenters. The highest BCUT2D eigenvalue weighted by molar-refractivity contribution is 7.90. The van der Waals surface area contributed by atoms with Gasteiger partial charge in [0.15, 0.2) is 9.84 Å². The van der Waals surface area contributed by atoms with Crippen molar-refractivity contribution in [2.45, 2.75) is 11.5 Å². The Bertz CT molecular complexity index is 843. The number of aliphatic hydroxyl groups excluding tert-OH is 1. The SMILES string of the molecule is CS(=O)(=O)c1ccc(C(=O)NNC(=O)c2ccc(CO)cc2)cc1. The molecule has 7 nitrogen and oxygen atoms in total. The third-order valence-corrected chi connectivity index (χ3v) is 4.36. The number of hydrogen-bond acceptors (Lipinski definition) is 5.